The fourth-order valence-corrected chi connectivity index (χ4v) is 4.70. The number of hydrogen-bond acceptors (Lipinski definition) is 4. The zero-order valence-corrected chi connectivity index (χ0v) is 13.2. The Morgan fingerprint density at radius 2 is 1.90 bits per heavy atom. The topological polar surface area (TPSA) is 51.0 Å². The predicted octanol–water partition coefficient (Wildman–Crippen LogP) is 3.61. The van der Waals surface area contributed by atoms with Gasteiger partial charge in [-0.1, -0.05) is 19.0 Å². The maximum atomic E-state index is 5.63. The van der Waals surface area contributed by atoms with E-state index < -0.39 is 0 Å². The van der Waals surface area contributed by atoms with Crippen LogP contribution in [0.2, 0.25) is 0 Å². The van der Waals surface area contributed by atoms with Gasteiger partial charge in [-0.25, -0.2) is 0 Å². The standard InChI is InChI=1S/C17H27N3O/c1-10(2)11-3-5-12(6-4-11)16-19-17(21-20-16)14-9-13-7-8-15(14)18-13/h10-15,18H,3-9H2,1-2H3. The van der Waals surface area contributed by atoms with Gasteiger partial charge in [-0.15, -0.1) is 0 Å². The number of nitrogens with one attached hydrogen (secondary N) is 1. The molecule has 2 saturated heterocycles. The van der Waals surface area contributed by atoms with E-state index in [0.717, 1.165) is 23.6 Å². The van der Waals surface area contributed by atoms with Crippen LogP contribution in [0.25, 0.3) is 0 Å². The maximum Gasteiger partial charge on any atom is 0.231 e. The highest BCUT2D eigenvalue weighted by Crippen LogP contribution is 2.41. The lowest BCUT2D eigenvalue weighted by molar-refractivity contribution is 0.251. The molecule has 4 heteroatoms. The van der Waals surface area contributed by atoms with Gasteiger partial charge in [0, 0.05) is 18.0 Å². The van der Waals surface area contributed by atoms with Gasteiger partial charge >= 0.3 is 0 Å². The van der Waals surface area contributed by atoms with Gasteiger partial charge < -0.3 is 9.84 Å². The van der Waals surface area contributed by atoms with Gasteiger partial charge in [-0.05, 0) is 56.8 Å². The van der Waals surface area contributed by atoms with Crippen LogP contribution in [-0.2, 0) is 0 Å². The van der Waals surface area contributed by atoms with Crippen molar-refractivity contribution < 1.29 is 4.52 Å². The fourth-order valence-electron chi connectivity index (χ4n) is 4.70. The molecular formula is C17H27N3O. The van der Waals surface area contributed by atoms with Crippen LogP contribution in [-0.4, -0.2) is 22.2 Å². The third-order valence-electron chi connectivity index (χ3n) is 6.15. The summed E-state index contributed by atoms with van der Waals surface area (Å²) in [7, 11) is 0. The minimum Gasteiger partial charge on any atom is -0.339 e. The Bertz CT molecular complexity index is 490. The van der Waals surface area contributed by atoms with Gasteiger partial charge in [0.1, 0.15) is 0 Å². The number of rotatable bonds is 3. The molecule has 21 heavy (non-hydrogen) atoms. The Balaban J connectivity index is 1.41. The molecule has 3 fully saturated rings. The average Bonchev–Trinajstić information content (AvgIpc) is 3.23. The molecule has 0 aromatic carbocycles. The first-order valence-electron chi connectivity index (χ1n) is 8.80. The van der Waals surface area contributed by atoms with Crippen molar-refractivity contribution in [2.45, 2.75) is 82.7 Å². The first kappa shape index (κ1) is 13.7. The summed E-state index contributed by atoms with van der Waals surface area (Å²) in [4.78, 5) is 4.79. The van der Waals surface area contributed by atoms with Crippen LogP contribution in [0.3, 0.4) is 0 Å². The summed E-state index contributed by atoms with van der Waals surface area (Å²) in [6, 6.07) is 1.27. The van der Waals surface area contributed by atoms with E-state index in [2.05, 4.69) is 24.3 Å². The van der Waals surface area contributed by atoms with Crippen LogP contribution < -0.4 is 5.32 Å². The Morgan fingerprint density at radius 3 is 2.52 bits per heavy atom. The van der Waals surface area contributed by atoms with Gasteiger partial charge in [-0.3, -0.25) is 0 Å². The second-order valence-electron chi connectivity index (χ2n) is 7.74. The van der Waals surface area contributed by atoms with Crippen LogP contribution in [0.5, 0.6) is 0 Å². The third kappa shape index (κ3) is 2.52. The zero-order valence-electron chi connectivity index (χ0n) is 13.2. The molecule has 2 bridgehead atoms. The van der Waals surface area contributed by atoms with Crippen molar-refractivity contribution in [1.29, 1.82) is 0 Å². The van der Waals surface area contributed by atoms with E-state index in [9.17, 15) is 0 Å². The van der Waals surface area contributed by atoms with Crippen molar-refractivity contribution in [3.8, 4) is 0 Å². The summed E-state index contributed by atoms with van der Waals surface area (Å²) >= 11 is 0. The molecule has 0 radical (unpaired) electrons. The first-order chi connectivity index (χ1) is 10.2. The van der Waals surface area contributed by atoms with E-state index in [-0.39, 0.29) is 0 Å². The predicted molar refractivity (Wildman–Crippen MR) is 81.1 cm³/mol. The maximum absolute atomic E-state index is 5.63. The van der Waals surface area contributed by atoms with E-state index in [1.807, 2.05) is 0 Å². The second-order valence-corrected chi connectivity index (χ2v) is 7.74. The monoisotopic (exact) mass is 289 g/mol. The number of hydrogen-bond donors (Lipinski definition) is 1. The first-order valence-corrected chi connectivity index (χ1v) is 8.80. The quantitative estimate of drug-likeness (QED) is 0.923. The molecule has 3 aliphatic rings. The summed E-state index contributed by atoms with van der Waals surface area (Å²) in [6.07, 6.45) is 8.89. The second kappa shape index (κ2) is 5.38. The van der Waals surface area contributed by atoms with E-state index >= 15 is 0 Å². The zero-order chi connectivity index (χ0) is 14.4. The van der Waals surface area contributed by atoms with Crippen LogP contribution >= 0.6 is 0 Å². The summed E-state index contributed by atoms with van der Waals surface area (Å²) < 4.78 is 5.63. The number of nitrogens with zero attached hydrogens (tertiary/aromatic N) is 2. The molecule has 1 aromatic heterocycles. The molecule has 116 valence electrons. The van der Waals surface area contributed by atoms with E-state index in [4.69, 9.17) is 9.51 Å². The minimum absolute atomic E-state index is 0.469. The van der Waals surface area contributed by atoms with Crippen LogP contribution in [0.15, 0.2) is 4.52 Å². The lowest BCUT2D eigenvalue weighted by atomic mass is 9.77. The van der Waals surface area contributed by atoms with Gasteiger partial charge in [-0.2, -0.15) is 4.98 Å². The molecule has 4 rings (SSSR count). The summed E-state index contributed by atoms with van der Waals surface area (Å²) in [5, 5.41) is 7.98. The smallest absolute Gasteiger partial charge is 0.231 e. The van der Waals surface area contributed by atoms with E-state index in [1.165, 1.54) is 44.9 Å². The van der Waals surface area contributed by atoms with Gasteiger partial charge in [0.05, 0.1) is 5.92 Å². The van der Waals surface area contributed by atoms with Crippen molar-refractivity contribution in [1.82, 2.24) is 15.5 Å². The number of aromatic nitrogens is 2. The Labute approximate surface area is 127 Å². The van der Waals surface area contributed by atoms with Crippen molar-refractivity contribution in [2.24, 2.45) is 11.8 Å². The summed E-state index contributed by atoms with van der Waals surface area (Å²) in [5.41, 5.74) is 0. The molecule has 1 N–H and O–H groups in total. The molecule has 3 unspecified atom stereocenters. The highest BCUT2D eigenvalue weighted by atomic mass is 16.5. The van der Waals surface area contributed by atoms with Crippen LogP contribution in [0.1, 0.15) is 82.3 Å². The molecule has 2 aliphatic heterocycles. The highest BCUT2D eigenvalue weighted by molar-refractivity contribution is 5.11. The molecule has 3 heterocycles. The van der Waals surface area contributed by atoms with Crippen molar-refractivity contribution in [2.75, 3.05) is 0 Å². The van der Waals surface area contributed by atoms with Crippen LogP contribution in [0, 0.1) is 11.8 Å². The molecule has 3 atom stereocenters. The SMILES string of the molecule is CC(C)C1CCC(c2noc(C3CC4CCC3N4)n2)CC1. The molecule has 1 aromatic rings. The molecule has 0 amide bonds. The van der Waals surface area contributed by atoms with Crippen molar-refractivity contribution in [3.63, 3.8) is 0 Å². The largest absolute Gasteiger partial charge is 0.339 e. The Kier molecular flexibility index (Phi) is 3.52. The van der Waals surface area contributed by atoms with Gasteiger partial charge in [0.2, 0.25) is 5.89 Å². The van der Waals surface area contributed by atoms with E-state index in [1.54, 1.807) is 0 Å². The van der Waals surface area contributed by atoms with Crippen molar-refractivity contribution in [3.05, 3.63) is 11.7 Å². The van der Waals surface area contributed by atoms with E-state index in [0.29, 0.717) is 23.9 Å². The molecule has 0 spiro atoms. The van der Waals surface area contributed by atoms with Gasteiger partial charge in [0.25, 0.3) is 0 Å². The summed E-state index contributed by atoms with van der Waals surface area (Å²) in [6.45, 7) is 4.69. The lowest BCUT2D eigenvalue weighted by Crippen LogP contribution is -2.22. The fraction of sp³-hybridized carbons (Fsp3) is 0.882. The minimum atomic E-state index is 0.469. The van der Waals surface area contributed by atoms with Crippen molar-refractivity contribution >= 4 is 0 Å². The summed E-state index contributed by atoms with van der Waals surface area (Å²) in [5.74, 6) is 4.58. The Hall–Kier alpha value is -0.900. The third-order valence-corrected chi connectivity index (χ3v) is 6.15. The van der Waals surface area contributed by atoms with Crippen LogP contribution in [0.4, 0.5) is 0 Å². The Morgan fingerprint density at radius 1 is 1.10 bits per heavy atom. The molecule has 1 aliphatic carbocycles. The molecular weight excluding hydrogens is 262 g/mol. The molecule has 1 saturated carbocycles. The average molecular weight is 289 g/mol. The molecule has 4 nitrogen and oxygen atoms in total. The number of fused-ring (bicyclic) bond motifs is 2. The normalized spacial score (nSPS) is 39.3. The lowest BCUT2D eigenvalue weighted by Gasteiger charge is -2.29. The van der Waals surface area contributed by atoms with Gasteiger partial charge in [0.15, 0.2) is 5.82 Å². The highest BCUT2D eigenvalue weighted by Gasteiger charge is 2.42.